The summed E-state index contributed by atoms with van der Waals surface area (Å²) in [5, 5.41) is 0. The number of nitrogens with zero attached hydrogens (tertiary/aromatic N) is 1. The maximum atomic E-state index is 13.2. The van der Waals surface area contributed by atoms with Crippen molar-refractivity contribution in [3.63, 3.8) is 0 Å². The van der Waals surface area contributed by atoms with E-state index in [2.05, 4.69) is 18.7 Å². The third-order valence-electron chi connectivity index (χ3n) is 4.78. The molecule has 1 fully saturated rings. The Morgan fingerprint density at radius 3 is 2.42 bits per heavy atom. The second-order valence-electron chi connectivity index (χ2n) is 5.52. The molecule has 3 heteroatoms. The highest BCUT2D eigenvalue weighted by Crippen LogP contribution is 2.39. The van der Waals surface area contributed by atoms with E-state index in [4.69, 9.17) is 0 Å². The largest absolute Gasteiger partial charge is 0.371 e. The number of rotatable bonds is 4. The fourth-order valence-electron chi connectivity index (χ4n) is 3.09. The maximum absolute atomic E-state index is 13.2. The van der Waals surface area contributed by atoms with E-state index in [1.807, 2.05) is 0 Å². The van der Waals surface area contributed by atoms with Crippen molar-refractivity contribution < 1.29 is 9.18 Å². The summed E-state index contributed by atoms with van der Waals surface area (Å²) in [5.41, 5.74) is 1.79. The molecule has 1 aromatic rings. The molecule has 0 radical (unpaired) electrons. The molecule has 0 atom stereocenters. The Labute approximate surface area is 114 Å². The van der Waals surface area contributed by atoms with Crippen molar-refractivity contribution >= 4 is 12.0 Å². The standard InChI is InChI=1S/C16H22FNO/c1-3-16(4-2)7-9-18(10-8-16)15-6-5-14(17)11-13(15)12-19/h5-6,11-12H,3-4,7-10H2,1-2H3. The molecule has 0 saturated carbocycles. The van der Waals surface area contributed by atoms with Crippen LogP contribution in [0.25, 0.3) is 0 Å². The van der Waals surface area contributed by atoms with E-state index in [0.717, 1.165) is 37.9 Å². The first kappa shape index (κ1) is 14.0. The first-order valence-electron chi connectivity index (χ1n) is 7.14. The lowest BCUT2D eigenvalue weighted by molar-refractivity contribution is 0.112. The van der Waals surface area contributed by atoms with Crippen LogP contribution in [0.5, 0.6) is 0 Å². The van der Waals surface area contributed by atoms with Gasteiger partial charge in [-0.15, -0.1) is 0 Å². The van der Waals surface area contributed by atoms with Crippen LogP contribution in [0.2, 0.25) is 0 Å². The van der Waals surface area contributed by atoms with Crippen molar-refractivity contribution in [1.82, 2.24) is 0 Å². The molecule has 1 heterocycles. The number of aldehydes is 1. The summed E-state index contributed by atoms with van der Waals surface area (Å²) in [4.78, 5) is 13.3. The van der Waals surface area contributed by atoms with Crippen molar-refractivity contribution in [2.24, 2.45) is 5.41 Å². The maximum Gasteiger partial charge on any atom is 0.152 e. The zero-order chi connectivity index (χ0) is 13.9. The summed E-state index contributed by atoms with van der Waals surface area (Å²) in [5.74, 6) is -0.348. The average molecular weight is 263 g/mol. The molecular weight excluding hydrogens is 241 g/mol. The molecular formula is C16H22FNO. The lowest BCUT2D eigenvalue weighted by Gasteiger charge is -2.42. The highest BCUT2D eigenvalue weighted by atomic mass is 19.1. The third-order valence-corrected chi connectivity index (χ3v) is 4.78. The van der Waals surface area contributed by atoms with Gasteiger partial charge in [-0.25, -0.2) is 4.39 Å². The fraction of sp³-hybridized carbons (Fsp3) is 0.562. The van der Waals surface area contributed by atoms with Crippen molar-refractivity contribution in [3.05, 3.63) is 29.6 Å². The molecule has 2 nitrogen and oxygen atoms in total. The zero-order valence-electron chi connectivity index (χ0n) is 11.8. The lowest BCUT2D eigenvalue weighted by Crippen LogP contribution is -2.40. The van der Waals surface area contributed by atoms with E-state index in [9.17, 15) is 9.18 Å². The minimum absolute atomic E-state index is 0.348. The second kappa shape index (κ2) is 5.72. The molecule has 0 bridgehead atoms. The van der Waals surface area contributed by atoms with Crippen LogP contribution in [-0.2, 0) is 0 Å². The highest BCUT2D eigenvalue weighted by Gasteiger charge is 2.31. The van der Waals surface area contributed by atoms with Gasteiger partial charge in [-0.2, -0.15) is 0 Å². The molecule has 0 aromatic heterocycles. The molecule has 0 amide bonds. The number of anilines is 1. The van der Waals surface area contributed by atoms with E-state index < -0.39 is 0 Å². The normalized spacial score (nSPS) is 18.4. The molecule has 1 aliphatic rings. The third kappa shape index (κ3) is 2.80. The Morgan fingerprint density at radius 1 is 1.26 bits per heavy atom. The van der Waals surface area contributed by atoms with Crippen LogP contribution in [0.1, 0.15) is 49.9 Å². The number of hydrogen-bond acceptors (Lipinski definition) is 2. The van der Waals surface area contributed by atoms with E-state index in [0.29, 0.717) is 11.0 Å². The van der Waals surface area contributed by atoms with Crippen molar-refractivity contribution in [2.45, 2.75) is 39.5 Å². The first-order valence-corrected chi connectivity index (χ1v) is 7.14. The first-order chi connectivity index (χ1) is 9.14. The zero-order valence-corrected chi connectivity index (χ0v) is 11.8. The molecule has 1 aromatic carbocycles. The Kier molecular flexibility index (Phi) is 4.23. The van der Waals surface area contributed by atoms with Crippen LogP contribution in [0.15, 0.2) is 18.2 Å². The lowest BCUT2D eigenvalue weighted by atomic mass is 9.74. The van der Waals surface area contributed by atoms with Gasteiger partial charge in [-0.1, -0.05) is 26.7 Å². The Balaban J connectivity index is 2.16. The van der Waals surface area contributed by atoms with Gasteiger partial charge >= 0.3 is 0 Å². The number of halogens is 1. The molecule has 104 valence electrons. The van der Waals surface area contributed by atoms with Crippen LogP contribution >= 0.6 is 0 Å². The number of piperidine rings is 1. The van der Waals surface area contributed by atoms with Gasteiger partial charge in [0, 0.05) is 24.3 Å². The summed E-state index contributed by atoms with van der Waals surface area (Å²) in [6.45, 7) is 6.42. The Bertz CT molecular complexity index is 444. The number of carbonyl (C=O) groups is 1. The van der Waals surface area contributed by atoms with Crippen LogP contribution in [-0.4, -0.2) is 19.4 Å². The van der Waals surface area contributed by atoms with E-state index >= 15 is 0 Å². The van der Waals surface area contributed by atoms with Gasteiger partial charge in [0.1, 0.15) is 5.82 Å². The molecule has 2 rings (SSSR count). The predicted octanol–water partition coefficient (Wildman–Crippen LogP) is 4.04. The summed E-state index contributed by atoms with van der Waals surface area (Å²) in [6, 6.07) is 4.48. The van der Waals surface area contributed by atoms with E-state index in [1.165, 1.54) is 25.0 Å². The van der Waals surface area contributed by atoms with Crippen molar-refractivity contribution in [3.8, 4) is 0 Å². The molecule has 0 unspecified atom stereocenters. The molecule has 0 N–H and O–H groups in total. The van der Waals surface area contributed by atoms with Gasteiger partial charge < -0.3 is 4.90 Å². The summed E-state index contributed by atoms with van der Waals surface area (Å²) < 4.78 is 13.2. The fourth-order valence-corrected chi connectivity index (χ4v) is 3.09. The topological polar surface area (TPSA) is 20.3 Å². The average Bonchev–Trinajstić information content (AvgIpc) is 2.47. The van der Waals surface area contributed by atoms with Gasteiger partial charge in [-0.3, -0.25) is 4.79 Å². The summed E-state index contributed by atoms with van der Waals surface area (Å²) in [7, 11) is 0. The Hall–Kier alpha value is -1.38. The minimum Gasteiger partial charge on any atom is -0.371 e. The summed E-state index contributed by atoms with van der Waals surface area (Å²) >= 11 is 0. The minimum atomic E-state index is -0.348. The highest BCUT2D eigenvalue weighted by molar-refractivity contribution is 5.84. The monoisotopic (exact) mass is 263 g/mol. The smallest absolute Gasteiger partial charge is 0.152 e. The predicted molar refractivity (Wildman–Crippen MR) is 76.2 cm³/mol. The van der Waals surface area contributed by atoms with Crippen molar-refractivity contribution in [2.75, 3.05) is 18.0 Å². The Morgan fingerprint density at radius 2 is 1.89 bits per heavy atom. The molecule has 0 spiro atoms. The second-order valence-corrected chi connectivity index (χ2v) is 5.52. The van der Waals surface area contributed by atoms with Gasteiger partial charge in [0.15, 0.2) is 6.29 Å². The van der Waals surface area contributed by atoms with Crippen LogP contribution in [0, 0.1) is 11.2 Å². The van der Waals surface area contributed by atoms with E-state index in [-0.39, 0.29) is 5.82 Å². The van der Waals surface area contributed by atoms with Crippen LogP contribution in [0.4, 0.5) is 10.1 Å². The molecule has 1 saturated heterocycles. The SMILES string of the molecule is CCC1(CC)CCN(c2ccc(F)cc2C=O)CC1. The van der Waals surface area contributed by atoms with E-state index in [1.54, 1.807) is 6.07 Å². The van der Waals surface area contributed by atoms with Gasteiger partial charge in [0.05, 0.1) is 0 Å². The molecule has 1 aliphatic heterocycles. The molecule has 19 heavy (non-hydrogen) atoms. The number of benzene rings is 1. The van der Waals surface area contributed by atoms with Gasteiger partial charge in [0.25, 0.3) is 0 Å². The van der Waals surface area contributed by atoms with Gasteiger partial charge in [-0.05, 0) is 36.5 Å². The van der Waals surface area contributed by atoms with Crippen LogP contribution < -0.4 is 4.90 Å². The molecule has 0 aliphatic carbocycles. The summed E-state index contributed by atoms with van der Waals surface area (Å²) in [6.07, 6.45) is 5.47. The number of carbonyl (C=O) groups excluding carboxylic acids is 1. The number of hydrogen-bond donors (Lipinski definition) is 0. The van der Waals surface area contributed by atoms with Crippen LogP contribution in [0.3, 0.4) is 0 Å². The quantitative estimate of drug-likeness (QED) is 0.764. The van der Waals surface area contributed by atoms with Gasteiger partial charge in [0.2, 0.25) is 0 Å². The van der Waals surface area contributed by atoms with Crippen molar-refractivity contribution in [1.29, 1.82) is 0 Å².